The lowest BCUT2D eigenvalue weighted by Crippen LogP contribution is -2.47. The molecule has 1 heterocycles. The predicted octanol–water partition coefficient (Wildman–Crippen LogP) is 2.43. The van der Waals surface area contributed by atoms with E-state index in [4.69, 9.17) is 4.74 Å². The molecule has 1 fully saturated rings. The van der Waals surface area contributed by atoms with Crippen molar-refractivity contribution >= 4 is 17.9 Å². The zero-order valence-electron chi connectivity index (χ0n) is 14.6. The SMILES string of the molecule is CCOC(=O)C(C)N1C(=O)NC(c2ccccc2)(c2ccccc2)C1=O. The van der Waals surface area contributed by atoms with Gasteiger partial charge in [-0.1, -0.05) is 60.7 Å². The zero-order valence-corrected chi connectivity index (χ0v) is 14.6. The molecule has 1 saturated heterocycles. The highest BCUT2D eigenvalue weighted by Gasteiger charge is 2.56. The molecule has 0 aromatic heterocycles. The Morgan fingerprint density at radius 3 is 2.00 bits per heavy atom. The van der Waals surface area contributed by atoms with Crippen LogP contribution < -0.4 is 5.32 Å². The summed E-state index contributed by atoms with van der Waals surface area (Å²) in [6.45, 7) is 3.34. The van der Waals surface area contributed by atoms with E-state index in [1.165, 1.54) is 6.92 Å². The van der Waals surface area contributed by atoms with E-state index in [2.05, 4.69) is 5.32 Å². The highest BCUT2D eigenvalue weighted by atomic mass is 16.5. The molecule has 6 heteroatoms. The Hall–Kier alpha value is -3.15. The topological polar surface area (TPSA) is 75.7 Å². The molecule has 0 bridgehead atoms. The van der Waals surface area contributed by atoms with Gasteiger partial charge in [-0.05, 0) is 25.0 Å². The Bertz CT molecular complexity index is 781. The van der Waals surface area contributed by atoms with Crippen molar-refractivity contribution in [1.82, 2.24) is 10.2 Å². The fourth-order valence-electron chi connectivity index (χ4n) is 3.20. The van der Waals surface area contributed by atoms with Crippen LogP contribution in [0.15, 0.2) is 60.7 Å². The molecular weight excluding hydrogens is 332 g/mol. The third-order valence-corrected chi connectivity index (χ3v) is 4.48. The maximum absolute atomic E-state index is 13.4. The van der Waals surface area contributed by atoms with Crippen LogP contribution in [0, 0.1) is 0 Å². The third-order valence-electron chi connectivity index (χ3n) is 4.48. The Morgan fingerprint density at radius 1 is 1.04 bits per heavy atom. The summed E-state index contributed by atoms with van der Waals surface area (Å²) in [5.41, 5.74) is -0.119. The Balaban J connectivity index is 2.11. The van der Waals surface area contributed by atoms with Gasteiger partial charge in [-0.2, -0.15) is 0 Å². The number of carbonyl (C=O) groups excluding carboxylic acids is 3. The largest absolute Gasteiger partial charge is 0.464 e. The van der Waals surface area contributed by atoms with E-state index in [1.807, 2.05) is 12.1 Å². The van der Waals surface area contributed by atoms with Gasteiger partial charge in [0.1, 0.15) is 6.04 Å². The predicted molar refractivity (Wildman–Crippen MR) is 95.1 cm³/mol. The van der Waals surface area contributed by atoms with E-state index in [9.17, 15) is 14.4 Å². The van der Waals surface area contributed by atoms with Crippen molar-refractivity contribution in [2.75, 3.05) is 6.61 Å². The van der Waals surface area contributed by atoms with Gasteiger partial charge in [0.2, 0.25) is 0 Å². The van der Waals surface area contributed by atoms with Crippen molar-refractivity contribution in [3.63, 3.8) is 0 Å². The number of urea groups is 1. The van der Waals surface area contributed by atoms with Crippen LogP contribution in [0.25, 0.3) is 0 Å². The van der Waals surface area contributed by atoms with Crippen LogP contribution in [0.1, 0.15) is 25.0 Å². The number of hydrogen-bond acceptors (Lipinski definition) is 4. The van der Waals surface area contributed by atoms with Crippen LogP contribution in [0.3, 0.4) is 0 Å². The van der Waals surface area contributed by atoms with E-state index >= 15 is 0 Å². The van der Waals surface area contributed by atoms with Gasteiger partial charge in [-0.3, -0.25) is 4.79 Å². The molecule has 3 rings (SSSR count). The van der Waals surface area contributed by atoms with Gasteiger partial charge in [0, 0.05) is 0 Å². The van der Waals surface area contributed by atoms with Crippen LogP contribution in [0.5, 0.6) is 0 Å². The average molecular weight is 352 g/mol. The van der Waals surface area contributed by atoms with Crippen molar-refractivity contribution in [1.29, 1.82) is 0 Å². The number of nitrogens with one attached hydrogen (secondary N) is 1. The van der Waals surface area contributed by atoms with E-state index in [0.717, 1.165) is 4.90 Å². The lowest BCUT2D eigenvalue weighted by molar-refractivity contribution is -0.151. The smallest absolute Gasteiger partial charge is 0.329 e. The summed E-state index contributed by atoms with van der Waals surface area (Å²) in [5, 5.41) is 2.81. The number of ether oxygens (including phenoxy) is 1. The number of esters is 1. The van der Waals surface area contributed by atoms with Gasteiger partial charge < -0.3 is 10.1 Å². The highest BCUT2D eigenvalue weighted by molar-refractivity contribution is 6.11. The van der Waals surface area contributed by atoms with Crippen LogP contribution in [0.2, 0.25) is 0 Å². The van der Waals surface area contributed by atoms with Gasteiger partial charge in [0.25, 0.3) is 5.91 Å². The minimum Gasteiger partial charge on any atom is -0.464 e. The van der Waals surface area contributed by atoms with Crippen molar-refractivity contribution in [3.8, 4) is 0 Å². The van der Waals surface area contributed by atoms with Gasteiger partial charge in [-0.25, -0.2) is 14.5 Å². The number of amides is 3. The van der Waals surface area contributed by atoms with Crippen LogP contribution in [-0.4, -0.2) is 35.5 Å². The first kappa shape index (κ1) is 17.7. The second-order valence-corrected chi connectivity index (χ2v) is 6.02. The van der Waals surface area contributed by atoms with Crippen LogP contribution >= 0.6 is 0 Å². The Kier molecular flexibility index (Phi) is 4.75. The fourth-order valence-corrected chi connectivity index (χ4v) is 3.20. The van der Waals surface area contributed by atoms with Crippen LogP contribution in [0.4, 0.5) is 4.79 Å². The molecule has 2 aromatic carbocycles. The first-order chi connectivity index (χ1) is 12.5. The van der Waals surface area contributed by atoms with Crippen molar-refractivity contribution < 1.29 is 19.1 Å². The zero-order chi connectivity index (χ0) is 18.7. The Labute approximate surface area is 151 Å². The molecule has 1 aliphatic heterocycles. The summed E-state index contributed by atoms with van der Waals surface area (Å²) >= 11 is 0. The van der Waals surface area contributed by atoms with Crippen molar-refractivity contribution in [3.05, 3.63) is 71.8 Å². The summed E-state index contributed by atoms with van der Waals surface area (Å²) in [4.78, 5) is 39.2. The molecule has 0 saturated carbocycles. The standard InChI is InChI=1S/C20H20N2O4/c1-3-26-17(23)14(2)22-18(24)20(21-19(22)25,15-10-6-4-7-11-15)16-12-8-5-9-13-16/h4-14H,3H2,1-2H3,(H,21,25). The molecular formula is C20H20N2O4. The number of nitrogens with zero attached hydrogens (tertiary/aromatic N) is 1. The molecule has 0 spiro atoms. The first-order valence-electron chi connectivity index (χ1n) is 8.46. The molecule has 1 atom stereocenters. The average Bonchev–Trinajstić information content (AvgIpc) is 2.94. The second-order valence-electron chi connectivity index (χ2n) is 6.02. The second kappa shape index (κ2) is 7.00. The van der Waals surface area contributed by atoms with Gasteiger partial charge >= 0.3 is 12.0 Å². The van der Waals surface area contributed by atoms with Gasteiger partial charge in [0.15, 0.2) is 5.54 Å². The molecule has 2 aromatic rings. The minimum absolute atomic E-state index is 0.176. The summed E-state index contributed by atoms with van der Waals surface area (Å²) in [5.74, 6) is -1.12. The third kappa shape index (κ3) is 2.73. The fraction of sp³-hybridized carbons (Fsp3) is 0.250. The van der Waals surface area contributed by atoms with Gasteiger partial charge in [0.05, 0.1) is 6.61 Å². The molecule has 0 aliphatic carbocycles. The monoisotopic (exact) mass is 352 g/mol. The summed E-state index contributed by atoms with van der Waals surface area (Å²) in [7, 11) is 0. The molecule has 0 radical (unpaired) electrons. The quantitative estimate of drug-likeness (QED) is 0.662. The van der Waals surface area contributed by atoms with E-state index in [1.54, 1.807) is 55.5 Å². The number of carbonyl (C=O) groups is 3. The molecule has 3 amide bonds. The van der Waals surface area contributed by atoms with Crippen molar-refractivity contribution in [2.45, 2.75) is 25.4 Å². The number of benzene rings is 2. The molecule has 134 valence electrons. The van der Waals surface area contributed by atoms with Crippen LogP contribution in [-0.2, 0) is 19.9 Å². The lowest BCUT2D eigenvalue weighted by Gasteiger charge is -2.28. The summed E-state index contributed by atoms with van der Waals surface area (Å²) in [6.07, 6.45) is 0. The van der Waals surface area contributed by atoms with Gasteiger partial charge in [-0.15, -0.1) is 0 Å². The van der Waals surface area contributed by atoms with E-state index in [0.29, 0.717) is 11.1 Å². The molecule has 1 unspecified atom stereocenters. The number of hydrogen-bond donors (Lipinski definition) is 1. The van der Waals surface area contributed by atoms with Crippen molar-refractivity contribution in [2.24, 2.45) is 0 Å². The summed E-state index contributed by atoms with van der Waals surface area (Å²) in [6, 6.07) is 16.4. The minimum atomic E-state index is -1.37. The van der Waals surface area contributed by atoms with E-state index in [-0.39, 0.29) is 6.61 Å². The molecule has 26 heavy (non-hydrogen) atoms. The molecule has 6 nitrogen and oxygen atoms in total. The molecule has 1 aliphatic rings. The number of rotatable bonds is 5. The number of imide groups is 1. The molecule has 1 N–H and O–H groups in total. The maximum atomic E-state index is 13.4. The lowest BCUT2D eigenvalue weighted by atomic mass is 9.82. The normalized spacial score (nSPS) is 16.9. The highest BCUT2D eigenvalue weighted by Crippen LogP contribution is 2.36. The first-order valence-corrected chi connectivity index (χ1v) is 8.46. The maximum Gasteiger partial charge on any atom is 0.329 e. The van der Waals surface area contributed by atoms with E-state index < -0.39 is 29.5 Å². The summed E-state index contributed by atoms with van der Waals surface area (Å²) < 4.78 is 4.98. The Morgan fingerprint density at radius 2 is 1.54 bits per heavy atom.